The normalized spacial score (nSPS) is 22.7. The van der Waals surface area contributed by atoms with Gasteiger partial charge >= 0.3 is 0 Å². The minimum Gasteiger partial charge on any atom is -0.492 e. The Kier molecular flexibility index (Phi) is 6.88. The zero-order valence-electron chi connectivity index (χ0n) is 12.4. The van der Waals surface area contributed by atoms with E-state index in [9.17, 15) is 0 Å². The number of benzene rings is 1. The van der Waals surface area contributed by atoms with E-state index in [-0.39, 0.29) is 0 Å². The van der Waals surface area contributed by atoms with Crippen molar-refractivity contribution < 1.29 is 4.74 Å². The molecular weight excluding hydrogens is 314 g/mol. The van der Waals surface area contributed by atoms with E-state index >= 15 is 0 Å². The first-order chi connectivity index (χ1) is 9.78. The van der Waals surface area contributed by atoms with Crippen LogP contribution in [0.4, 0.5) is 0 Å². The number of nitrogens with one attached hydrogen (secondary N) is 1. The second-order valence-corrected chi connectivity index (χ2v) is 6.68. The fraction of sp³-hybridized carbons (Fsp3) is 0.647. The van der Waals surface area contributed by atoms with E-state index in [1.165, 1.54) is 38.5 Å². The Hall–Kier alpha value is -0.540. The molecule has 1 aromatic carbocycles. The average Bonchev–Trinajstić information content (AvgIpc) is 2.46. The Balaban J connectivity index is 1.58. The summed E-state index contributed by atoms with van der Waals surface area (Å²) in [7, 11) is 0. The van der Waals surface area contributed by atoms with Gasteiger partial charge in [-0.3, -0.25) is 0 Å². The minimum absolute atomic E-state index is 0.703. The second kappa shape index (κ2) is 8.68. The first-order valence-electron chi connectivity index (χ1n) is 7.89. The molecule has 1 aliphatic rings. The third-order valence-corrected chi connectivity index (χ3v) is 4.64. The topological polar surface area (TPSA) is 21.3 Å². The van der Waals surface area contributed by atoms with Crippen LogP contribution in [-0.4, -0.2) is 19.2 Å². The molecule has 0 saturated heterocycles. The maximum atomic E-state index is 5.75. The molecule has 2 rings (SSSR count). The lowest BCUT2D eigenvalue weighted by molar-refractivity contribution is 0.256. The highest BCUT2D eigenvalue weighted by Gasteiger charge is 2.19. The lowest BCUT2D eigenvalue weighted by Crippen LogP contribution is -2.35. The summed E-state index contributed by atoms with van der Waals surface area (Å²) < 4.78 is 6.81. The van der Waals surface area contributed by atoms with Crippen molar-refractivity contribution in [3.63, 3.8) is 0 Å². The van der Waals surface area contributed by atoms with Gasteiger partial charge in [-0.25, -0.2) is 0 Å². The quantitative estimate of drug-likeness (QED) is 0.722. The van der Waals surface area contributed by atoms with Crippen LogP contribution in [0.5, 0.6) is 5.75 Å². The van der Waals surface area contributed by atoms with Gasteiger partial charge in [0.25, 0.3) is 0 Å². The number of halogens is 1. The van der Waals surface area contributed by atoms with Crippen molar-refractivity contribution in [1.82, 2.24) is 5.32 Å². The Morgan fingerprint density at radius 3 is 2.75 bits per heavy atom. The number of hydrogen-bond donors (Lipinski definition) is 1. The molecule has 2 nitrogen and oxygen atoms in total. The molecule has 3 heteroatoms. The van der Waals surface area contributed by atoms with E-state index in [2.05, 4.69) is 28.2 Å². The van der Waals surface area contributed by atoms with Crippen molar-refractivity contribution >= 4 is 15.9 Å². The summed E-state index contributed by atoms with van der Waals surface area (Å²) in [5.41, 5.74) is 0. The van der Waals surface area contributed by atoms with Crippen molar-refractivity contribution in [2.75, 3.05) is 13.2 Å². The van der Waals surface area contributed by atoms with Crippen molar-refractivity contribution in [2.24, 2.45) is 5.92 Å². The number of hydrogen-bond acceptors (Lipinski definition) is 2. The van der Waals surface area contributed by atoms with Gasteiger partial charge in [-0.1, -0.05) is 41.8 Å². The molecule has 0 heterocycles. The van der Waals surface area contributed by atoms with E-state index in [0.29, 0.717) is 6.04 Å². The number of rotatable bonds is 7. The molecule has 0 aliphatic heterocycles. The standard InChI is InChI=1S/C17H26BrNO/c1-2-4-14-7-9-16(10-8-14)19-11-12-20-17-6-3-5-15(18)13-17/h3,5-6,13-14,16,19H,2,4,7-12H2,1H3. The Morgan fingerprint density at radius 1 is 1.25 bits per heavy atom. The average molecular weight is 340 g/mol. The number of ether oxygens (including phenoxy) is 1. The van der Waals surface area contributed by atoms with Crippen LogP contribution in [0.1, 0.15) is 45.4 Å². The molecule has 0 spiro atoms. The van der Waals surface area contributed by atoms with Crippen LogP contribution >= 0.6 is 15.9 Å². The van der Waals surface area contributed by atoms with Crippen LogP contribution in [0.3, 0.4) is 0 Å². The van der Waals surface area contributed by atoms with Gasteiger partial charge in [0.2, 0.25) is 0 Å². The van der Waals surface area contributed by atoms with Gasteiger partial charge in [0.05, 0.1) is 0 Å². The van der Waals surface area contributed by atoms with E-state index in [1.54, 1.807) is 0 Å². The predicted octanol–water partition coefficient (Wildman–Crippen LogP) is 4.78. The Morgan fingerprint density at radius 2 is 2.05 bits per heavy atom. The lowest BCUT2D eigenvalue weighted by Gasteiger charge is -2.29. The molecule has 1 N–H and O–H groups in total. The maximum Gasteiger partial charge on any atom is 0.120 e. The lowest BCUT2D eigenvalue weighted by atomic mass is 9.83. The largest absolute Gasteiger partial charge is 0.492 e. The molecule has 1 aliphatic carbocycles. The summed E-state index contributed by atoms with van der Waals surface area (Å²) in [6.07, 6.45) is 8.22. The zero-order chi connectivity index (χ0) is 14.2. The third kappa shape index (κ3) is 5.45. The van der Waals surface area contributed by atoms with Crippen LogP contribution in [-0.2, 0) is 0 Å². The van der Waals surface area contributed by atoms with E-state index in [4.69, 9.17) is 4.74 Å². The predicted molar refractivity (Wildman–Crippen MR) is 88.3 cm³/mol. The summed E-state index contributed by atoms with van der Waals surface area (Å²) in [4.78, 5) is 0. The second-order valence-electron chi connectivity index (χ2n) is 5.77. The van der Waals surface area contributed by atoms with Crippen LogP contribution in [0.25, 0.3) is 0 Å². The van der Waals surface area contributed by atoms with E-state index in [1.807, 2.05) is 24.3 Å². The van der Waals surface area contributed by atoms with Gasteiger partial charge in [-0.15, -0.1) is 0 Å². The summed E-state index contributed by atoms with van der Waals surface area (Å²) in [5.74, 6) is 1.92. The highest BCUT2D eigenvalue weighted by atomic mass is 79.9. The van der Waals surface area contributed by atoms with Crippen LogP contribution < -0.4 is 10.1 Å². The van der Waals surface area contributed by atoms with E-state index < -0.39 is 0 Å². The zero-order valence-corrected chi connectivity index (χ0v) is 14.0. The summed E-state index contributed by atoms with van der Waals surface area (Å²) >= 11 is 3.46. The SMILES string of the molecule is CCCC1CCC(NCCOc2cccc(Br)c2)CC1. The molecule has 112 valence electrons. The molecule has 1 aromatic rings. The molecular formula is C17H26BrNO. The highest BCUT2D eigenvalue weighted by Crippen LogP contribution is 2.27. The van der Waals surface area contributed by atoms with Crippen molar-refractivity contribution in [2.45, 2.75) is 51.5 Å². The molecule has 0 bridgehead atoms. The first-order valence-corrected chi connectivity index (χ1v) is 8.69. The van der Waals surface area contributed by atoms with Crippen molar-refractivity contribution in [1.29, 1.82) is 0 Å². The van der Waals surface area contributed by atoms with Crippen molar-refractivity contribution in [3.05, 3.63) is 28.7 Å². The van der Waals surface area contributed by atoms with Gasteiger partial charge in [-0.05, 0) is 49.8 Å². The highest BCUT2D eigenvalue weighted by molar-refractivity contribution is 9.10. The summed E-state index contributed by atoms with van der Waals surface area (Å²) in [6.45, 7) is 3.98. The Labute approximate surface area is 131 Å². The summed E-state index contributed by atoms with van der Waals surface area (Å²) in [5, 5.41) is 3.63. The van der Waals surface area contributed by atoms with Crippen LogP contribution in [0, 0.1) is 5.92 Å². The van der Waals surface area contributed by atoms with Crippen molar-refractivity contribution in [3.8, 4) is 5.75 Å². The summed E-state index contributed by atoms with van der Waals surface area (Å²) in [6, 6.07) is 8.73. The first kappa shape index (κ1) is 15.8. The molecule has 0 radical (unpaired) electrons. The monoisotopic (exact) mass is 339 g/mol. The molecule has 1 fully saturated rings. The molecule has 20 heavy (non-hydrogen) atoms. The van der Waals surface area contributed by atoms with Gasteiger partial charge in [0, 0.05) is 17.1 Å². The fourth-order valence-corrected chi connectivity index (χ4v) is 3.43. The van der Waals surface area contributed by atoms with Crippen LogP contribution in [0.15, 0.2) is 28.7 Å². The third-order valence-electron chi connectivity index (χ3n) is 4.14. The maximum absolute atomic E-state index is 5.75. The molecule has 0 atom stereocenters. The molecule has 1 saturated carbocycles. The fourth-order valence-electron chi connectivity index (χ4n) is 3.05. The molecule has 0 aromatic heterocycles. The van der Waals surface area contributed by atoms with Gasteiger partial charge in [-0.2, -0.15) is 0 Å². The van der Waals surface area contributed by atoms with Gasteiger partial charge < -0.3 is 10.1 Å². The minimum atomic E-state index is 0.703. The molecule has 0 amide bonds. The van der Waals surface area contributed by atoms with Crippen LogP contribution in [0.2, 0.25) is 0 Å². The Bertz CT molecular complexity index is 388. The van der Waals surface area contributed by atoms with Gasteiger partial charge in [0.1, 0.15) is 12.4 Å². The molecule has 0 unspecified atom stereocenters. The smallest absolute Gasteiger partial charge is 0.120 e. The van der Waals surface area contributed by atoms with E-state index in [0.717, 1.165) is 29.3 Å². The van der Waals surface area contributed by atoms with Gasteiger partial charge in [0.15, 0.2) is 0 Å².